The number of hydrogen-bond donors (Lipinski definition) is 2. The van der Waals surface area contributed by atoms with Gasteiger partial charge >= 0.3 is 0 Å². The van der Waals surface area contributed by atoms with E-state index in [-0.39, 0.29) is 5.54 Å². The van der Waals surface area contributed by atoms with Crippen molar-refractivity contribution in [1.29, 1.82) is 0 Å². The molecule has 0 aliphatic heterocycles. The number of anilines is 1. The smallest absolute Gasteiger partial charge is 0.0496 e. The van der Waals surface area contributed by atoms with Gasteiger partial charge in [0.2, 0.25) is 0 Å². The maximum atomic E-state index is 6.18. The maximum Gasteiger partial charge on any atom is 0.0496 e. The zero-order valence-corrected chi connectivity index (χ0v) is 15.2. The van der Waals surface area contributed by atoms with Crippen LogP contribution in [0.2, 0.25) is 0 Å². The number of halogens is 1. The first-order chi connectivity index (χ1) is 9.86. The molecule has 118 valence electrons. The number of nitrogens with two attached hydrogens (primary N) is 1. The van der Waals surface area contributed by atoms with Crippen molar-refractivity contribution in [3.63, 3.8) is 0 Å². The lowest BCUT2D eigenvalue weighted by Gasteiger charge is -2.35. The van der Waals surface area contributed by atoms with Crippen molar-refractivity contribution in [2.24, 2.45) is 17.1 Å². The van der Waals surface area contributed by atoms with Crippen LogP contribution in [0.15, 0.2) is 28.7 Å². The third-order valence-corrected chi connectivity index (χ3v) is 5.76. The highest BCUT2D eigenvalue weighted by Crippen LogP contribution is 2.41. The van der Waals surface area contributed by atoms with Crippen molar-refractivity contribution < 1.29 is 0 Å². The molecule has 0 amide bonds. The van der Waals surface area contributed by atoms with Crippen molar-refractivity contribution in [1.82, 2.24) is 0 Å². The minimum Gasteiger partial charge on any atom is -0.377 e. The van der Waals surface area contributed by atoms with E-state index in [1.807, 2.05) is 6.07 Å². The SMILES string of the molecule is CC(C)(C)C1CCCC(CN)(Nc2ccccc2Br)CC1. The minimum absolute atomic E-state index is 0.0455. The van der Waals surface area contributed by atoms with E-state index in [1.54, 1.807) is 0 Å². The number of hydrogen-bond acceptors (Lipinski definition) is 2. The van der Waals surface area contributed by atoms with Gasteiger partial charge in [-0.1, -0.05) is 39.3 Å². The fourth-order valence-electron chi connectivity index (χ4n) is 3.50. The lowest BCUT2D eigenvalue weighted by Crippen LogP contribution is -2.45. The molecule has 2 rings (SSSR count). The third kappa shape index (κ3) is 4.23. The normalized spacial score (nSPS) is 27.2. The van der Waals surface area contributed by atoms with Crippen molar-refractivity contribution in [2.75, 3.05) is 11.9 Å². The molecule has 1 aliphatic carbocycles. The van der Waals surface area contributed by atoms with Gasteiger partial charge in [-0.2, -0.15) is 0 Å². The van der Waals surface area contributed by atoms with Gasteiger partial charge in [-0.25, -0.2) is 0 Å². The molecular formula is C18H29BrN2. The predicted octanol–water partition coefficient (Wildman–Crippen LogP) is 5.18. The van der Waals surface area contributed by atoms with E-state index < -0.39 is 0 Å². The molecule has 0 bridgehead atoms. The molecule has 21 heavy (non-hydrogen) atoms. The van der Waals surface area contributed by atoms with E-state index in [2.05, 4.69) is 60.2 Å². The molecule has 0 heterocycles. The average Bonchev–Trinajstić information content (AvgIpc) is 2.64. The predicted molar refractivity (Wildman–Crippen MR) is 95.6 cm³/mol. The summed E-state index contributed by atoms with van der Waals surface area (Å²) in [5.41, 5.74) is 7.79. The summed E-state index contributed by atoms with van der Waals surface area (Å²) in [6, 6.07) is 8.34. The first-order valence-corrected chi connectivity index (χ1v) is 8.88. The van der Waals surface area contributed by atoms with Crippen LogP contribution in [0.3, 0.4) is 0 Å². The van der Waals surface area contributed by atoms with Crippen LogP contribution >= 0.6 is 15.9 Å². The van der Waals surface area contributed by atoms with Crippen LogP contribution in [-0.4, -0.2) is 12.1 Å². The van der Waals surface area contributed by atoms with E-state index in [0.717, 1.165) is 28.9 Å². The van der Waals surface area contributed by atoms with Crippen LogP contribution in [0.1, 0.15) is 52.9 Å². The summed E-state index contributed by atoms with van der Waals surface area (Å²) >= 11 is 3.64. The summed E-state index contributed by atoms with van der Waals surface area (Å²) < 4.78 is 1.12. The van der Waals surface area contributed by atoms with Crippen LogP contribution in [0, 0.1) is 11.3 Å². The molecule has 0 aromatic heterocycles. The molecule has 3 heteroatoms. The van der Waals surface area contributed by atoms with Crippen molar-refractivity contribution in [3.8, 4) is 0 Å². The average molecular weight is 353 g/mol. The van der Waals surface area contributed by atoms with Crippen molar-refractivity contribution in [2.45, 2.75) is 58.4 Å². The second-order valence-electron chi connectivity index (χ2n) is 7.58. The van der Waals surface area contributed by atoms with Gasteiger partial charge in [-0.3, -0.25) is 0 Å². The number of para-hydroxylation sites is 1. The fourth-order valence-corrected chi connectivity index (χ4v) is 3.89. The molecule has 2 nitrogen and oxygen atoms in total. The summed E-state index contributed by atoms with van der Waals surface area (Å²) in [6.45, 7) is 7.81. The topological polar surface area (TPSA) is 38.0 Å². The summed E-state index contributed by atoms with van der Waals surface area (Å²) in [4.78, 5) is 0. The maximum absolute atomic E-state index is 6.18. The third-order valence-electron chi connectivity index (χ3n) is 5.07. The number of nitrogens with one attached hydrogen (secondary N) is 1. The number of benzene rings is 1. The van der Waals surface area contributed by atoms with E-state index in [9.17, 15) is 0 Å². The van der Waals surface area contributed by atoms with Crippen LogP contribution in [0.25, 0.3) is 0 Å². The Kier molecular flexibility index (Phi) is 5.37. The molecule has 1 aromatic rings. The van der Waals surface area contributed by atoms with Gasteiger partial charge in [0.15, 0.2) is 0 Å². The lowest BCUT2D eigenvalue weighted by molar-refractivity contribution is 0.212. The van der Waals surface area contributed by atoms with Gasteiger partial charge in [0.1, 0.15) is 0 Å². The van der Waals surface area contributed by atoms with Crippen LogP contribution in [0.4, 0.5) is 5.69 Å². The first kappa shape index (κ1) is 16.8. The minimum atomic E-state index is 0.0455. The van der Waals surface area contributed by atoms with E-state index >= 15 is 0 Å². The summed E-state index contributed by atoms with van der Waals surface area (Å²) in [5, 5.41) is 3.75. The zero-order chi connectivity index (χ0) is 15.5. The second-order valence-corrected chi connectivity index (χ2v) is 8.44. The molecule has 2 unspecified atom stereocenters. The van der Waals surface area contributed by atoms with Crippen molar-refractivity contribution >= 4 is 21.6 Å². The summed E-state index contributed by atoms with van der Waals surface area (Å²) in [5.74, 6) is 0.798. The Morgan fingerprint density at radius 1 is 1.24 bits per heavy atom. The van der Waals surface area contributed by atoms with Crippen LogP contribution in [-0.2, 0) is 0 Å². The van der Waals surface area contributed by atoms with Crippen LogP contribution < -0.4 is 11.1 Å². The fraction of sp³-hybridized carbons (Fsp3) is 0.667. The number of rotatable bonds is 3. The van der Waals surface area contributed by atoms with E-state index in [0.29, 0.717) is 12.0 Å². The molecule has 1 saturated carbocycles. The highest BCUT2D eigenvalue weighted by molar-refractivity contribution is 9.10. The highest BCUT2D eigenvalue weighted by Gasteiger charge is 2.35. The Morgan fingerprint density at radius 2 is 1.95 bits per heavy atom. The Labute approximate surface area is 138 Å². The Balaban J connectivity index is 2.13. The molecule has 1 fully saturated rings. The Hall–Kier alpha value is -0.540. The van der Waals surface area contributed by atoms with E-state index in [1.165, 1.54) is 19.3 Å². The van der Waals surface area contributed by atoms with Gasteiger partial charge in [0.25, 0.3) is 0 Å². The Bertz CT molecular complexity index is 467. The standard InChI is InChI=1S/C18H29BrN2/c1-17(2,3)14-7-6-11-18(13-20,12-10-14)21-16-9-5-4-8-15(16)19/h4-5,8-9,14,21H,6-7,10-13,20H2,1-3H3. The quantitative estimate of drug-likeness (QED) is 0.735. The van der Waals surface area contributed by atoms with Crippen LogP contribution in [0.5, 0.6) is 0 Å². The molecule has 0 saturated heterocycles. The summed E-state index contributed by atoms with van der Waals surface area (Å²) in [7, 11) is 0. The van der Waals surface area contributed by atoms with E-state index in [4.69, 9.17) is 5.73 Å². The van der Waals surface area contributed by atoms with Gasteiger partial charge < -0.3 is 11.1 Å². The van der Waals surface area contributed by atoms with Gasteiger partial charge in [-0.15, -0.1) is 0 Å². The summed E-state index contributed by atoms with van der Waals surface area (Å²) in [6.07, 6.45) is 6.17. The molecule has 0 spiro atoms. The van der Waals surface area contributed by atoms with Gasteiger partial charge in [-0.05, 0) is 65.1 Å². The molecule has 2 atom stereocenters. The first-order valence-electron chi connectivity index (χ1n) is 8.09. The zero-order valence-electron chi connectivity index (χ0n) is 13.6. The second kappa shape index (κ2) is 6.70. The largest absolute Gasteiger partial charge is 0.377 e. The Morgan fingerprint density at radius 3 is 2.57 bits per heavy atom. The molecular weight excluding hydrogens is 324 g/mol. The molecule has 3 N–H and O–H groups in total. The lowest BCUT2D eigenvalue weighted by atomic mass is 9.76. The monoisotopic (exact) mass is 352 g/mol. The van der Waals surface area contributed by atoms with Crippen molar-refractivity contribution in [3.05, 3.63) is 28.7 Å². The highest BCUT2D eigenvalue weighted by atomic mass is 79.9. The molecule has 0 radical (unpaired) electrons. The molecule has 1 aromatic carbocycles. The molecule has 1 aliphatic rings. The van der Waals surface area contributed by atoms with Gasteiger partial charge in [0.05, 0.1) is 0 Å². The van der Waals surface area contributed by atoms with Gasteiger partial charge in [0, 0.05) is 22.2 Å².